The first-order valence-corrected chi connectivity index (χ1v) is 7.21. The zero-order chi connectivity index (χ0) is 15.5. The van der Waals surface area contributed by atoms with Crippen molar-refractivity contribution in [2.45, 2.75) is 6.54 Å². The predicted molar refractivity (Wildman–Crippen MR) is 78.8 cm³/mol. The highest BCUT2D eigenvalue weighted by Gasteiger charge is 2.19. The van der Waals surface area contributed by atoms with Crippen LogP contribution < -0.4 is 5.76 Å². The highest BCUT2D eigenvalue weighted by atomic mass is 32.1. The lowest BCUT2D eigenvalue weighted by atomic mass is 10.2. The number of nitrogens with zero attached hydrogens (tertiary/aromatic N) is 3. The Hall–Kier alpha value is -2.74. The van der Waals surface area contributed by atoms with E-state index in [1.807, 2.05) is 0 Å². The van der Waals surface area contributed by atoms with Crippen LogP contribution in [0.25, 0.3) is 11.5 Å². The van der Waals surface area contributed by atoms with Gasteiger partial charge in [-0.05, 0) is 29.1 Å². The summed E-state index contributed by atoms with van der Waals surface area (Å²) in [4.78, 5) is 28.2. The van der Waals surface area contributed by atoms with E-state index in [1.165, 1.54) is 23.0 Å². The molecule has 0 saturated carbocycles. The monoisotopic (exact) mass is 317 g/mol. The molecule has 7 nitrogen and oxygen atoms in total. The first-order valence-electron chi connectivity index (χ1n) is 6.33. The fraction of sp³-hybridized carbons (Fsp3) is 0.143. The van der Waals surface area contributed by atoms with E-state index >= 15 is 0 Å². The minimum atomic E-state index is -0.609. The highest BCUT2D eigenvalue weighted by molar-refractivity contribution is 7.12. The molecule has 3 heterocycles. The van der Waals surface area contributed by atoms with E-state index in [4.69, 9.17) is 9.26 Å². The molecule has 22 heavy (non-hydrogen) atoms. The van der Waals surface area contributed by atoms with Crippen molar-refractivity contribution < 1.29 is 14.1 Å². The number of carbonyl (C=O) groups is 1. The third kappa shape index (κ3) is 2.56. The van der Waals surface area contributed by atoms with Gasteiger partial charge in [0.1, 0.15) is 10.6 Å². The average Bonchev–Trinajstić information content (AvgIpc) is 3.16. The fourth-order valence-electron chi connectivity index (χ4n) is 1.99. The van der Waals surface area contributed by atoms with E-state index in [2.05, 4.69) is 10.1 Å². The first-order chi connectivity index (χ1) is 10.7. The minimum absolute atomic E-state index is 0.155. The normalized spacial score (nSPS) is 10.6. The summed E-state index contributed by atoms with van der Waals surface area (Å²) < 4.78 is 10.8. The standard InChI is InChI=1S/C14H11N3O4S/c1-20-13(18)11-9(5-7-22-11)8-17-12(16-21-14(17)19)10-4-2-3-6-15-10/h2-7H,8H2,1H3. The van der Waals surface area contributed by atoms with Gasteiger partial charge in [0, 0.05) is 6.20 Å². The van der Waals surface area contributed by atoms with Crippen LogP contribution in [0.1, 0.15) is 15.2 Å². The van der Waals surface area contributed by atoms with Crippen LogP contribution >= 0.6 is 11.3 Å². The number of pyridine rings is 1. The molecule has 0 bridgehead atoms. The van der Waals surface area contributed by atoms with Gasteiger partial charge in [-0.25, -0.2) is 9.59 Å². The molecule has 0 atom stereocenters. The van der Waals surface area contributed by atoms with Crippen molar-refractivity contribution in [2.75, 3.05) is 7.11 Å². The molecule has 0 saturated heterocycles. The van der Waals surface area contributed by atoms with Gasteiger partial charge in [-0.3, -0.25) is 14.1 Å². The Morgan fingerprint density at radius 1 is 1.41 bits per heavy atom. The number of rotatable bonds is 4. The second-order valence-corrected chi connectivity index (χ2v) is 5.26. The SMILES string of the molecule is COC(=O)c1sccc1Cn1c(-c2ccccn2)noc1=O. The molecular weight excluding hydrogens is 306 g/mol. The predicted octanol–water partition coefficient (Wildman–Crippen LogP) is 1.79. The molecule has 0 N–H and O–H groups in total. The number of esters is 1. The van der Waals surface area contributed by atoms with Gasteiger partial charge >= 0.3 is 11.7 Å². The number of thiophene rings is 1. The van der Waals surface area contributed by atoms with Crippen molar-refractivity contribution >= 4 is 17.3 Å². The Labute approximate surface area is 128 Å². The minimum Gasteiger partial charge on any atom is -0.465 e. The number of carbonyl (C=O) groups excluding carboxylic acids is 1. The van der Waals surface area contributed by atoms with Gasteiger partial charge in [0.05, 0.1) is 13.7 Å². The summed E-state index contributed by atoms with van der Waals surface area (Å²) in [7, 11) is 1.32. The van der Waals surface area contributed by atoms with E-state index in [9.17, 15) is 9.59 Å². The third-order valence-corrected chi connectivity index (χ3v) is 3.96. The lowest BCUT2D eigenvalue weighted by molar-refractivity contribution is 0.0605. The number of hydrogen-bond donors (Lipinski definition) is 0. The molecular formula is C14H11N3O4S. The summed E-state index contributed by atoms with van der Waals surface area (Å²) >= 11 is 1.26. The molecule has 112 valence electrons. The lowest BCUT2D eigenvalue weighted by Crippen LogP contribution is -2.17. The molecule has 0 radical (unpaired) electrons. The molecule has 3 rings (SSSR count). The Kier molecular flexibility index (Phi) is 3.84. The first kappa shape index (κ1) is 14.2. The number of methoxy groups -OCH3 is 1. The van der Waals surface area contributed by atoms with Gasteiger partial charge in [-0.2, -0.15) is 0 Å². The van der Waals surface area contributed by atoms with Crippen LogP contribution in [-0.4, -0.2) is 27.8 Å². The Morgan fingerprint density at radius 2 is 2.27 bits per heavy atom. The quantitative estimate of drug-likeness (QED) is 0.682. The van der Waals surface area contributed by atoms with Crippen LogP contribution in [0, 0.1) is 0 Å². The molecule has 0 unspecified atom stereocenters. The summed E-state index contributed by atoms with van der Waals surface area (Å²) in [6.45, 7) is 0.155. The van der Waals surface area contributed by atoms with Crippen molar-refractivity contribution in [2.24, 2.45) is 0 Å². The maximum absolute atomic E-state index is 11.9. The van der Waals surface area contributed by atoms with Crippen LogP contribution in [0.5, 0.6) is 0 Å². The zero-order valence-electron chi connectivity index (χ0n) is 11.6. The average molecular weight is 317 g/mol. The van der Waals surface area contributed by atoms with E-state index in [-0.39, 0.29) is 6.54 Å². The summed E-state index contributed by atoms with van der Waals surface area (Å²) in [5.41, 5.74) is 1.18. The van der Waals surface area contributed by atoms with Crippen molar-refractivity contribution in [3.8, 4) is 11.5 Å². The molecule has 0 aromatic carbocycles. The van der Waals surface area contributed by atoms with Crippen LogP contribution in [0.4, 0.5) is 0 Å². The molecule has 0 aliphatic heterocycles. The largest absolute Gasteiger partial charge is 0.465 e. The molecule has 0 aliphatic carbocycles. The van der Waals surface area contributed by atoms with Crippen molar-refractivity contribution in [1.82, 2.24) is 14.7 Å². The Balaban J connectivity index is 2.01. The lowest BCUT2D eigenvalue weighted by Gasteiger charge is -2.04. The maximum atomic E-state index is 11.9. The number of aromatic nitrogens is 3. The van der Waals surface area contributed by atoms with E-state index in [0.717, 1.165) is 0 Å². The zero-order valence-corrected chi connectivity index (χ0v) is 12.4. The molecule has 0 spiro atoms. The van der Waals surface area contributed by atoms with Gasteiger partial charge in [-0.15, -0.1) is 11.3 Å². The van der Waals surface area contributed by atoms with Crippen molar-refractivity contribution in [3.05, 3.63) is 56.8 Å². The molecule has 8 heteroatoms. The van der Waals surface area contributed by atoms with Gasteiger partial charge in [-0.1, -0.05) is 11.2 Å². The van der Waals surface area contributed by atoms with Gasteiger partial charge in [0.15, 0.2) is 0 Å². The summed E-state index contributed by atoms with van der Waals surface area (Å²) in [5, 5.41) is 5.53. The van der Waals surface area contributed by atoms with E-state index in [0.29, 0.717) is 22.0 Å². The van der Waals surface area contributed by atoms with E-state index < -0.39 is 11.7 Å². The van der Waals surface area contributed by atoms with E-state index in [1.54, 1.807) is 35.8 Å². The summed E-state index contributed by atoms with van der Waals surface area (Å²) in [6, 6.07) is 7.04. The molecule has 0 fully saturated rings. The van der Waals surface area contributed by atoms with Crippen molar-refractivity contribution in [3.63, 3.8) is 0 Å². The number of hydrogen-bond acceptors (Lipinski definition) is 7. The third-order valence-electron chi connectivity index (χ3n) is 3.03. The fourth-order valence-corrected chi connectivity index (χ4v) is 2.82. The molecule has 0 amide bonds. The smallest absolute Gasteiger partial charge is 0.442 e. The second kappa shape index (κ2) is 5.94. The second-order valence-electron chi connectivity index (χ2n) is 4.34. The molecule has 3 aromatic rings. The van der Waals surface area contributed by atoms with Gasteiger partial charge < -0.3 is 4.74 Å². The van der Waals surface area contributed by atoms with Crippen LogP contribution in [0.2, 0.25) is 0 Å². The number of ether oxygens (including phenoxy) is 1. The highest BCUT2D eigenvalue weighted by Crippen LogP contribution is 2.20. The molecule has 0 aliphatic rings. The summed E-state index contributed by atoms with van der Waals surface area (Å²) in [6.07, 6.45) is 1.60. The van der Waals surface area contributed by atoms with Crippen LogP contribution in [0.15, 0.2) is 45.2 Å². The topological polar surface area (TPSA) is 87.2 Å². The molecule has 3 aromatic heterocycles. The van der Waals surface area contributed by atoms with Gasteiger partial charge in [0.25, 0.3) is 0 Å². The van der Waals surface area contributed by atoms with Gasteiger partial charge in [0.2, 0.25) is 5.82 Å². The van der Waals surface area contributed by atoms with Crippen LogP contribution in [-0.2, 0) is 11.3 Å². The Bertz CT molecular complexity index is 850. The Morgan fingerprint density at radius 3 is 3.00 bits per heavy atom. The maximum Gasteiger partial charge on any atom is 0.442 e. The van der Waals surface area contributed by atoms with Crippen molar-refractivity contribution in [1.29, 1.82) is 0 Å². The van der Waals surface area contributed by atoms with Crippen LogP contribution in [0.3, 0.4) is 0 Å². The summed E-state index contributed by atoms with van der Waals surface area (Å²) in [5.74, 6) is -0.732.